The maximum absolute atomic E-state index is 13.9. The van der Waals surface area contributed by atoms with Gasteiger partial charge in [0.05, 0.1) is 11.4 Å². The SMILES string of the molecule is Cc1ccc(-n2nc(C(=O)Nc3ccccc3F)nc2-c2ccccc2)c(C)c1. The van der Waals surface area contributed by atoms with Crippen LogP contribution in [0.25, 0.3) is 17.1 Å². The number of nitrogens with zero attached hydrogens (tertiary/aromatic N) is 3. The van der Waals surface area contributed by atoms with Gasteiger partial charge in [0.15, 0.2) is 5.82 Å². The van der Waals surface area contributed by atoms with Gasteiger partial charge in [-0.25, -0.2) is 14.1 Å². The van der Waals surface area contributed by atoms with Crippen molar-refractivity contribution in [2.45, 2.75) is 13.8 Å². The van der Waals surface area contributed by atoms with Gasteiger partial charge in [0.25, 0.3) is 5.91 Å². The number of halogens is 1. The number of para-hydroxylation sites is 1. The van der Waals surface area contributed by atoms with Crippen LogP contribution >= 0.6 is 0 Å². The molecule has 0 unspecified atom stereocenters. The van der Waals surface area contributed by atoms with Crippen LogP contribution in [0.3, 0.4) is 0 Å². The van der Waals surface area contributed by atoms with Crippen LogP contribution in [0, 0.1) is 19.7 Å². The smallest absolute Gasteiger partial charge is 0.295 e. The molecule has 29 heavy (non-hydrogen) atoms. The van der Waals surface area contributed by atoms with E-state index in [1.807, 2.05) is 62.4 Å². The lowest BCUT2D eigenvalue weighted by molar-refractivity contribution is 0.101. The van der Waals surface area contributed by atoms with Gasteiger partial charge in [-0.3, -0.25) is 4.79 Å². The summed E-state index contributed by atoms with van der Waals surface area (Å²) >= 11 is 0. The molecular formula is C23H19FN4O. The van der Waals surface area contributed by atoms with Crippen molar-refractivity contribution in [2.75, 3.05) is 5.32 Å². The van der Waals surface area contributed by atoms with Crippen molar-refractivity contribution >= 4 is 11.6 Å². The fourth-order valence-corrected chi connectivity index (χ4v) is 3.13. The molecule has 0 aliphatic rings. The normalized spacial score (nSPS) is 10.7. The van der Waals surface area contributed by atoms with Gasteiger partial charge in [-0.2, -0.15) is 0 Å². The molecule has 3 aromatic carbocycles. The first kappa shape index (κ1) is 18.6. The Morgan fingerprint density at radius 1 is 0.966 bits per heavy atom. The van der Waals surface area contributed by atoms with Gasteiger partial charge < -0.3 is 5.32 Å². The largest absolute Gasteiger partial charge is 0.317 e. The highest BCUT2D eigenvalue weighted by Gasteiger charge is 2.20. The van der Waals surface area contributed by atoms with Gasteiger partial charge in [0.2, 0.25) is 5.82 Å². The molecule has 144 valence electrons. The van der Waals surface area contributed by atoms with Crippen molar-refractivity contribution in [1.82, 2.24) is 14.8 Å². The molecule has 1 amide bonds. The summed E-state index contributed by atoms with van der Waals surface area (Å²) in [5.41, 5.74) is 3.87. The van der Waals surface area contributed by atoms with E-state index in [2.05, 4.69) is 15.4 Å². The van der Waals surface area contributed by atoms with Crippen LogP contribution in [-0.2, 0) is 0 Å². The van der Waals surface area contributed by atoms with E-state index in [1.165, 1.54) is 12.1 Å². The molecule has 1 heterocycles. The van der Waals surface area contributed by atoms with Gasteiger partial charge in [0.1, 0.15) is 5.82 Å². The third-order valence-corrected chi connectivity index (χ3v) is 4.54. The molecule has 1 N–H and O–H groups in total. The molecule has 0 atom stereocenters. The molecule has 0 saturated heterocycles. The molecule has 1 aromatic heterocycles. The fraction of sp³-hybridized carbons (Fsp3) is 0.0870. The van der Waals surface area contributed by atoms with Crippen molar-refractivity contribution in [3.8, 4) is 17.1 Å². The average Bonchev–Trinajstić information content (AvgIpc) is 3.16. The zero-order valence-corrected chi connectivity index (χ0v) is 16.1. The first-order chi connectivity index (χ1) is 14.0. The topological polar surface area (TPSA) is 59.8 Å². The number of anilines is 1. The van der Waals surface area contributed by atoms with Gasteiger partial charge in [-0.15, -0.1) is 5.10 Å². The number of hydrogen-bond donors (Lipinski definition) is 1. The Labute approximate surface area is 167 Å². The first-order valence-corrected chi connectivity index (χ1v) is 9.19. The van der Waals surface area contributed by atoms with E-state index >= 15 is 0 Å². The quantitative estimate of drug-likeness (QED) is 0.540. The number of benzene rings is 3. The van der Waals surface area contributed by atoms with Crippen LogP contribution in [0.2, 0.25) is 0 Å². The molecule has 6 heteroatoms. The zero-order chi connectivity index (χ0) is 20.4. The van der Waals surface area contributed by atoms with E-state index < -0.39 is 11.7 Å². The fourth-order valence-electron chi connectivity index (χ4n) is 3.13. The minimum Gasteiger partial charge on any atom is -0.317 e. The number of carbonyl (C=O) groups excluding carboxylic acids is 1. The molecule has 0 bridgehead atoms. The Morgan fingerprint density at radius 2 is 1.69 bits per heavy atom. The molecule has 0 radical (unpaired) electrons. The van der Waals surface area contributed by atoms with Gasteiger partial charge in [-0.1, -0.05) is 60.2 Å². The summed E-state index contributed by atoms with van der Waals surface area (Å²) in [7, 11) is 0. The zero-order valence-electron chi connectivity index (χ0n) is 16.1. The Balaban J connectivity index is 1.79. The third kappa shape index (κ3) is 3.78. The summed E-state index contributed by atoms with van der Waals surface area (Å²) < 4.78 is 15.6. The van der Waals surface area contributed by atoms with E-state index in [0.717, 1.165) is 22.4 Å². The van der Waals surface area contributed by atoms with Crippen LogP contribution in [-0.4, -0.2) is 20.7 Å². The van der Waals surface area contributed by atoms with Crippen LogP contribution in [0.15, 0.2) is 72.8 Å². The number of rotatable bonds is 4. The lowest BCUT2D eigenvalue weighted by atomic mass is 10.1. The predicted octanol–water partition coefficient (Wildman–Crippen LogP) is 4.94. The van der Waals surface area contributed by atoms with E-state index in [0.29, 0.717) is 5.82 Å². The second-order valence-corrected chi connectivity index (χ2v) is 6.76. The van der Waals surface area contributed by atoms with Gasteiger partial charge >= 0.3 is 0 Å². The average molecular weight is 386 g/mol. The highest BCUT2D eigenvalue weighted by molar-refractivity contribution is 6.01. The van der Waals surface area contributed by atoms with Crippen LogP contribution in [0.5, 0.6) is 0 Å². The van der Waals surface area contributed by atoms with Crippen LogP contribution in [0.4, 0.5) is 10.1 Å². The highest BCUT2D eigenvalue weighted by Crippen LogP contribution is 2.24. The van der Waals surface area contributed by atoms with Gasteiger partial charge in [0, 0.05) is 5.56 Å². The number of carbonyl (C=O) groups is 1. The van der Waals surface area contributed by atoms with Crippen molar-refractivity contribution < 1.29 is 9.18 Å². The van der Waals surface area contributed by atoms with Crippen molar-refractivity contribution in [1.29, 1.82) is 0 Å². The van der Waals surface area contributed by atoms with Crippen molar-refractivity contribution in [3.05, 3.63) is 95.6 Å². The summed E-state index contributed by atoms with van der Waals surface area (Å²) in [5.74, 6) is -0.586. The predicted molar refractivity (Wildman–Crippen MR) is 111 cm³/mol. The monoisotopic (exact) mass is 386 g/mol. The Bertz CT molecular complexity index is 1180. The Hall–Kier alpha value is -3.80. The molecule has 0 fully saturated rings. The van der Waals surface area contributed by atoms with E-state index in [9.17, 15) is 9.18 Å². The van der Waals surface area contributed by atoms with Gasteiger partial charge in [-0.05, 0) is 37.6 Å². The molecule has 0 aliphatic carbocycles. The molecular weight excluding hydrogens is 367 g/mol. The summed E-state index contributed by atoms with van der Waals surface area (Å²) in [6.07, 6.45) is 0. The number of nitrogens with one attached hydrogen (secondary N) is 1. The Morgan fingerprint density at radius 3 is 2.41 bits per heavy atom. The summed E-state index contributed by atoms with van der Waals surface area (Å²) in [5, 5.41) is 6.99. The number of hydrogen-bond acceptors (Lipinski definition) is 3. The van der Waals surface area contributed by atoms with E-state index in [4.69, 9.17) is 0 Å². The molecule has 0 aliphatic heterocycles. The molecule has 0 spiro atoms. The second-order valence-electron chi connectivity index (χ2n) is 6.76. The van der Waals surface area contributed by atoms with Crippen LogP contribution < -0.4 is 5.32 Å². The minimum absolute atomic E-state index is 0.0351. The highest BCUT2D eigenvalue weighted by atomic mass is 19.1. The lowest BCUT2D eigenvalue weighted by Crippen LogP contribution is -2.15. The maximum Gasteiger partial charge on any atom is 0.295 e. The first-order valence-electron chi connectivity index (χ1n) is 9.19. The standard InChI is InChI=1S/C23H19FN4O/c1-15-12-13-20(16(2)14-15)28-22(17-8-4-3-5-9-17)26-21(27-28)23(29)25-19-11-7-6-10-18(19)24/h3-14H,1-2H3,(H,25,29). The summed E-state index contributed by atoms with van der Waals surface area (Å²) in [6.45, 7) is 4.00. The number of aryl methyl sites for hydroxylation is 2. The molecule has 5 nitrogen and oxygen atoms in total. The Kier molecular flexibility index (Phi) is 4.91. The minimum atomic E-state index is -0.573. The maximum atomic E-state index is 13.9. The summed E-state index contributed by atoms with van der Waals surface area (Å²) in [4.78, 5) is 17.2. The summed E-state index contributed by atoms with van der Waals surface area (Å²) in [6, 6.07) is 21.5. The van der Waals surface area contributed by atoms with E-state index in [-0.39, 0.29) is 11.5 Å². The molecule has 4 aromatic rings. The van der Waals surface area contributed by atoms with Crippen LogP contribution in [0.1, 0.15) is 21.7 Å². The number of amides is 1. The molecule has 0 saturated carbocycles. The number of aromatic nitrogens is 3. The van der Waals surface area contributed by atoms with Crippen molar-refractivity contribution in [3.63, 3.8) is 0 Å². The lowest BCUT2D eigenvalue weighted by Gasteiger charge is -2.09. The van der Waals surface area contributed by atoms with Crippen molar-refractivity contribution in [2.24, 2.45) is 0 Å². The molecule has 4 rings (SSSR count). The third-order valence-electron chi connectivity index (χ3n) is 4.54. The van der Waals surface area contributed by atoms with E-state index in [1.54, 1.807) is 16.8 Å². The second kappa shape index (κ2) is 7.67.